The van der Waals surface area contributed by atoms with Crippen molar-refractivity contribution in [2.24, 2.45) is 4.99 Å². The minimum atomic E-state index is -0.233. The average Bonchev–Trinajstić information content (AvgIpc) is 2.85. The summed E-state index contributed by atoms with van der Waals surface area (Å²) in [7, 11) is 1.69. The first-order chi connectivity index (χ1) is 9.74. The smallest absolute Gasteiger partial charge is 0.191 e. The molecule has 0 bridgehead atoms. The van der Waals surface area contributed by atoms with Gasteiger partial charge in [-0.3, -0.25) is 4.99 Å². The summed E-state index contributed by atoms with van der Waals surface area (Å²) in [6, 6.07) is 4.77. The number of H-pyrrole nitrogens is 1. The Kier molecular flexibility index (Phi) is 7.02. The van der Waals surface area contributed by atoms with Crippen LogP contribution >= 0.6 is 24.0 Å². The molecule has 6 heteroatoms. The van der Waals surface area contributed by atoms with Crippen molar-refractivity contribution in [2.45, 2.75) is 6.42 Å². The number of guanidine groups is 1. The lowest BCUT2D eigenvalue weighted by molar-refractivity contribution is 0.629. The minimum Gasteiger partial charge on any atom is -0.361 e. The fourth-order valence-electron chi connectivity index (χ4n) is 2.04. The third kappa shape index (κ3) is 4.63. The third-order valence-corrected chi connectivity index (χ3v) is 3.00. The predicted molar refractivity (Wildman–Crippen MR) is 95.6 cm³/mol. The molecule has 1 heterocycles. The lowest BCUT2D eigenvalue weighted by atomic mass is 10.1. The maximum atomic E-state index is 13.1. The molecule has 1 aromatic carbocycles. The van der Waals surface area contributed by atoms with Crippen molar-refractivity contribution in [3.8, 4) is 12.3 Å². The van der Waals surface area contributed by atoms with E-state index in [1.807, 2.05) is 6.20 Å². The largest absolute Gasteiger partial charge is 0.361 e. The van der Waals surface area contributed by atoms with Crippen LogP contribution in [0.5, 0.6) is 0 Å². The number of nitrogens with one attached hydrogen (secondary N) is 3. The van der Waals surface area contributed by atoms with E-state index in [-0.39, 0.29) is 29.8 Å². The van der Waals surface area contributed by atoms with Crippen molar-refractivity contribution in [1.29, 1.82) is 0 Å². The van der Waals surface area contributed by atoms with Gasteiger partial charge in [0.1, 0.15) is 5.82 Å². The number of benzene rings is 1. The molecule has 0 fully saturated rings. The number of halogens is 2. The minimum absolute atomic E-state index is 0. The molecule has 0 aliphatic carbocycles. The molecule has 112 valence electrons. The van der Waals surface area contributed by atoms with Crippen molar-refractivity contribution in [3.05, 3.63) is 35.8 Å². The van der Waals surface area contributed by atoms with Gasteiger partial charge < -0.3 is 15.6 Å². The molecule has 2 rings (SSSR count). The van der Waals surface area contributed by atoms with Gasteiger partial charge in [-0.15, -0.1) is 30.4 Å². The first-order valence-electron chi connectivity index (χ1n) is 6.38. The molecule has 3 N–H and O–H groups in total. The van der Waals surface area contributed by atoms with Gasteiger partial charge >= 0.3 is 0 Å². The Morgan fingerprint density at radius 2 is 2.24 bits per heavy atom. The van der Waals surface area contributed by atoms with E-state index in [0.717, 1.165) is 22.9 Å². The van der Waals surface area contributed by atoms with E-state index in [0.29, 0.717) is 19.0 Å². The van der Waals surface area contributed by atoms with Crippen LogP contribution in [-0.4, -0.2) is 31.1 Å². The summed E-state index contributed by atoms with van der Waals surface area (Å²) in [6.45, 7) is 1.15. The zero-order chi connectivity index (χ0) is 14.4. The second-order valence-corrected chi connectivity index (χ2v) is 4.31. The van der Waals surface area contributed by atoms with Crippen LogP contribution in [0.1, 0.15) is 5.56 Å². The molecule has 0 spiro atoms. The van der Waals surface area contributed by atoms with E-state index in [2.05, 4.69) is 26.5 Å². The highest BCUT2D eigenvalue weighted by Gasteiger charge is 2.04. The van der Waals surface area contributed by atoms with Crippen molar-refractivity contribution in [1.82, 2.24) is 15.6 Å². The molecule has 0 aliphatic rings. The van der Waals surface area contributed by atoms with Crippen molar-refractivity contribution in [3.63, 3.8) is 0 Å². The normalized spacial score (nSPS) is 10.8. The van der Waals surface area contributed by atoms with Gasteiger partial charge in [-0.25, -0.2) is 4.39 Å². The summed E-state index contributed by atoms with van der Waals surface area (Å²) in [4.78, 5) is 7.14. The summed E-state index contributed by atoms with van der Waals surface area (Å²) in [6.07, 6.45) is 7.90. The average molecular weight is 400 g/mol. The first kappa shape index (κ1) is 17.3. The van der Waals surface area contributed by atoms with Crippen LogP contribution in [-0.2, 0) is 6.42 Å². The Balaban J connectivity index is 0.00000220. The highest BCUT2D eigenvalue weighted by atomic mass is 127. The van der Waals surface area contributed by atoms with E-state index in [1.54, 1.807) is 13.1 Å². The third-order valence-electron chi connectivity index (χ3n) is 3.00. The molecule has 0 aliphatic heterocycles. The number of aliphatic imine (C=N–C) groups is 1. The number of hydrogen-bond donors (Lipinski definition) is 3. The van der Waals surface area contributed by atoms with Gasteiger partial charge in [-0.05, 0) is 30.2 Å². The fraction of sp³-hybridized carbons (Fsp3) is 0.267. The van der Waals surface area contributed by atoms with Crippen LogP contribution in [0, 0.1) is 18.2 Å². The Bertz CT molecular complexity index is 657. The number of rotatable bonds is 4. The Labute approximate surface area is 140 Å². The summed E-state index contributed by atoms with van der Waals surface area (Å²) in [5.74, 6) is 2.93. The first-order valence-corrected chi connectivity index (χ1v) is 6.38. The van der Waals surface area contributed by atoms with Gasteiger partial charge in [-0.2, -0.15) is 0 Å². The zero-order valence-corrected chi connectivity index (χ0v) is 14.1. The highest BCUT2D eigenvalue weighted by Crippen LogP contribution is 2.19. The van der Waals surface area contributed by atoms with E-state index in [9.17, 15) is 4.39 Å². The van der Waals surface area contributed by atoms with Crippen LogP contribution in [0.25, 0.3) is 10.9 Å². The van der Waals surface area contributed by atoms with E-state index < -0.39 is 0 Å². The second-order valence-electron chi connectivity index (χ2n) is 4.31. The monoisotopic (exact) mass is 400 g/mol. The van der Waals surface area contributed by atoms with Crippen LogP contribution in [0.2, 0.25) is 0 Å². The number of aromatic amines is 1. The molecule has 0 amide bonds. The standard InChI is InChI=1S/C15H17FN4.HI/c1-3-7-18-15(17-2)19-8-6-11-10-20-14-9-12(16)4-5-13(11)14;/h1,4-5,9-10,20H,6-8H2,2H3,(H2,17,18,19);1H. The molecule has 0 saturated heterocycles. The summed E-state index contributed by atoms with van der Waals surface area (Å²) in [5.41, 5.74) is 1.95. The lowest BCUT2D eigenvalue weighted by Crippen LogP contribution is -2.38. The van der Waals surface area contributed by atoms with Crippen LogP contribution < -0.4 is 10.6 Å². The summed E-state index contributed by atoms with van der Waals surface area (Å²) in [5, 5.41) is 7.20. The van der Waals surface area contributed by atoms with Gasteiger partial charge in [0, 0.05) is 30.7 Å². The Morgan fingerprint density at radius 3 is 2.95 bits per heavy atom. The van der Waals surface area contributed by atoms with Gasteiger partial charge in [0.25, 0.3) is 0 Å². The maximum absolute atomic E-state index is 13.1. The Morgan fingerprint density at radius 1 is 1.43 bits per heavy atom. The molecule has 2 aromatic rings. The molecule has 0 atom stereocenters. The quantitative estimate of drug-likeness (QED) is 0.319. The predicted octanol–water partition coefficient (Wildman–Crippen LogP) is 2.27. The van der Waals surface area contributed by atoms with Gasteiger partial charge in [0.15, 0.2) is 5.96 Å². The molecular weight excluding hydrogens is 382 g/mol. The van der Waals surface area contributed by atoms with Crippen LogP contribution in [0.15, 0.2) is 29.4 Å². The Hall–Kier alpha value is -1.75. The second kappa shape index (κ2) is 8.52. The van der Waals surface area contributed by atoms with Crippen LogP contribution in [0.4, 0.5) is 4.39 Å². The van der Waals surface area contributed by atoms with Gasteiger partial charge in [0.2, 0.25) is 0 Å². The number of terminal acetylenes is 1. The summed E-state index contributed by atoms with van der Waals surface area (Å²) >= 11 is 0. The molecule has 0 saturated carbocycles. The van der Waals surface area contributed by atoms with Crippen LogP contribution in [0.3, 0.4) is 0 Å². The number of aromatic nitrogens is 1. The summed E-state index contributed by atoms with van der Waals surface area (Å²) < 4.78 is 13.1. The number of fused-ring (bicyclic) bond motifs is 1. The maximum Gasteiger partial charge on any atom is 0.191 e. The van der Waals surface area contributed by atoms with Crippen molar-refractivity contribution >= 4 is 40.8 Å². The van der Waals surface area contributed by atoms with Gasteiger partial charge in [0.05, 0.1) is 6.54 Å². The molecule has 1 aromatic heterocycles. The molecule has 21 heavy (non-hydrogen) atoms. The molecule has 4 nitrogen and oxygen atoms in total. The van der Waals surface area contributed by atoms with Crippen molar-refractivity contribution < 1.29 is 4.39 Å². The van der Waals surface area contributed by atoms with E-state index >= 15 is 0 Å². The van der Waals surface area contributed by atoms with Gasteiger partial charge in [-0.1, -0.05) is 5.92 Å². The number of nitrogens with zero attached hydrogens (tertiary/aromatic N) is 1. The zero-order valence-electron chi connectivity index (χ0n) is 11.7. The lowest BCUT2D eigenvalue weighted by Gasteiger charge is -2.09. The SMILES string of the molecule is C#CCNC(=NC)NCCc1c[nH]c2cc(F)ccc12.I. The molecule has 0 unspecified atom stereocenters. The fourth-order valence-corrected chi connectivity index (χ4v) is 2.04. The highest BCUT2D eigenvalue weighted by molar-refractivity contribution is 14.0. The molecule has 0 radical (unpaired) electrons. The number of hydrogen-bond acceptors (Lipinski definition) is 1. The van der Waals surface area contributed by atoms with E-state index in [1.165, 1.54) is 12.1 Å². The molecular formula is C15H18FIN4. The van der Waals surface area contributed by atoms with E-state index in [4.69, 9.17) is 6.42 Å². The topological polar surface area (TPSA) is 52.2 Å². The van der Waals surface area contributed by atoms with Crippen molar-refractivity contribution in [2.75, 3.05) is 20.1 Å².